The Morgan fingerprint density at radius 3 is 2.81 bits per heavy atom. The molecule has 0 unspecified atom stereocenters. The first-order chi connectivity index (χ1) is 7.66. The summed E-state index contributed by atoms with van der Waals surface area (Å²) in [4.78, 5) is 11.9. The molecule has 16 heavy (non-hydrogen) atoms. The van der Waals surface area contributed by atoms with Gasteiger partial charge >= 0.3 is 5.97 Å². The van der Waals surface area contributed by atoms with E-state index in [1.165, 1.54) is 12.8 Å². The fraction of sp³-hybridized carbons (Fsp3) is 0.417. The molecular formula is C12H15BrO2S. The highest BCUT2D eigenvalue weighted by molar-refractivity contribution is 9.10. The molecule has 0 aliphatic rings. The van der Waals surface area contributed by atoms with Crippen molar-refractivity contribution in [3.8, 4) is 0 Å². The van der Waals surface area contributed by atoms with Gasteiger partial charge in [0.2, 0.25) is 0 Å². The van der Waals surface area contributed by atoms with Gasteiger partial charge in [-0.15, -0.1) is 11.8 Å². The largest absolute Gasteiger partial charge is 0.478 e. The van der Waals surface area contributed by atoms with Crippen LogP contribution < -0.4 is 0 Å². The number of carbonyl (C=O) groups is 1. The van der Waals surface area contributed by atoms with Crippen molar-refractivity contribution >= 4 is 33.7 Å². The van der Waals surface area contributed by atoms with Gasteiger partial charge < -0.3 is 5.11 Å². The molecule has 0 amide bonds. The molecule has 0 heterocycles. The summed E-state index contributed by atoms with van der Waals surface area (Å²) in [6.45, 7) is 2.16. The summed E-state index contributed by atoms with van der Waals surface area (Å²) in [7, 11) is 0. The van der Waals surface area contributed by atoms with Gasteiger partial charge in [0.1, 0.15) is 0 Å². The van der Waals surface area contributed by atoms with Crippen LogP contribution in [-0.2, 0) is 0 Å². The van der Waals surface area contributed by atoms with E-state index in [1.807, 2.05) is 12.1 Å². The molecular weight excluding hydrogens is 288 g/mol. The molecule has 0 aliphatic heterocycles. The second-order valence-corrected chi connectivity index (χ2v) is 5.46. The molecule has 4 heteroatoms. The van der Waals surface area contributed by atoms with Crippen molar-refractivity contribution < 1.29 is 9.90 Å². The second-order valence-electron chi connectivity index (χ2n) is 3.47. The van der Waals surface area contributed by atoms with E-state index in [0.29, 0.717) is 10.0 Å². The van der Waals surface area contributed by atoms with Gasteiger partial charge in [0.25, 0.3) is 0 Å². The molecule has 1 aromatic carbocycles. The third kappa shape index (κ3) is 3.83. The predicted octanol–water partition coefficient (Wildman–Crippen LogP) is 4.43. The molecule has 1 N–H and O–H groups in total. The Labute approximate surface area is 109 Å². The van der Waals surface area contributed by atoms with Crippen LogP contribution in [-0.4, -0.2) is 16.8 Å². The minimum absolute atomic E-state index is 0.379. The quantitative estimate of drug-likeness (QED) is 0.624. The number of unbranched alkanes of at least 4 members (excludes halogenated alkanes) is 2. The molecule has 0 saturated heterocycles. The molecule has 0 aliphatic carbocycles. The minimum atomic E-state index is -0.870. The molecule has 0 spiro atoms. The molecule has 0 atom stereocenters. The Balaban J connectivity index is 2.71. The average molecular weight is 303 g/mol. The zero-order chi connectivity index (χ0) is 12.0. The third-order valence-electron chi connectivity index (χ3n) is 2.19. The first kappa shape index (κ1) is 13.6. The molecule has 2 nitrogen and oxygen atoms in total. The van der Waals surface area contributed by atoms with Gasteiger partial charge in [-0.25, -0.2) is 4.79 Å². The highest BCUT2D eigenvalue weighted by Crippen LogP contribution is 2.29. The Hall–Kier alpha value is -0.480. The fourth-order valence-corrected chi connectivity index (χ4v) is 3.12. The molecule has 0 bridgehead atoms. The van der Waals surface area contributed by atoms with Crippen LogP contribution in [0, 0.1) is 0 Å². The lowest BCUT2D eigenvalue weighted by atomic mass is 10.2. The summed E-state index contributed by atoms with van der Waals surface area (Å²) in [5, 5.41) is 9.11. The summed E-state index contributed by atoms with van der Waals surface area (Å²) >= 11 is 4.89. The lowest BCUT2D eigenvalue weighted by Crippen LogP contribution is -2.00. The number of halogens is 1. The summed E-state index contributed by atoms with van der Waals surface area (Å²) in [5.74, 6) is 0.107. The van der Waals surface area contributed by atoms with Gasteiger partial charge in [-0.3, -0.25) is 0 Å². The van der Waals surface area contributed by atoms with Gasteiger partial charge in [-0.2, -0.15) is 0 Å². The SMILES string of the molecule is CCCCCSc1cccc(Br)c1C(=O)O. The number of hydrogen-bond acceptors (Lipinski definition) is 2. The van der Waals surface area contributed by atoms with Crippen LogP contribution in [0.1, 0.15) is 36.5 Å². The van der Waals surface area contributed by atoms with E-state index in [0.717, 1.165) is 17.1 Å². The second kappa shape index (κ2) is 6.97. The number of thioether (sulfide) groups is 1. The molecule has 0 aromatic heterocycles. The van der Waals surface area contributed by atoms with E-state index in [2.05, 4.69) is 22.9 Å². The van der Waals surface area contributed by atoms with Crippen molar-refractivity contribution in [1.82, 2.24) is 0 Å². The summed E-state index contributed by atoms with van der Waals surface area (Å²) in [6, 6.07) is 5.50. The van der Waals surface area contributed by atoms with Crippen molar-refractivity contribution in [1.29, 1.82) is 0 Å². The fourth-order valence-electron chi connectivity index (χ4n) is 1.37. The maximum absolute atomic E-state index is 11.1. The van der Waals surface area contributed by atoms with Crippen LogP contribution in [0.15, 0.2) is 27.6 Å². The van der Waals surface area contributed by atoms with Gasteiger partial charge in [0.05, 0.1) is 5.56 Å². The highest BCUT2D eigenvalue weighted by atomic mass is 79.9. The van der Waals surface area contributed by atoms with Crippen molar-refractivity contribution in [2.75, 3.05) is 5.75 Å². The third-order valence-corrected chi connectivity index (χ3v) is 4.00. The number of aromatic carboxylic acids is 1. The van der Waals surface area contributed by atoms with Gasteiger partial charge in [-0.1, -0.05) is 25.8 Å². The normalized spacial score (nSPS) is 10.4. The summed E-state index contributed by atoms with van der Waals surface area (Å²) in [5.41, 5.74) is 0.379. The standard InChI is InChI=1S/C12H15BrO2S/c1-2-3-4-8-16-10-7-5-6-9(13)11(10)12(14)15/h5-7H,2-4,8H2,1H3,(H,14,15). The monoisotopic (exact) mass is 302 g/mol. The maximum Gasteiger partial charge on any atom is 0.337 e. The minimum Gasteiger partial charge on any atom is -0.478 e. The Kier molecular flexibility index (Phi) is 5.91. The number of rotatable bonds is 6. The van der Waals surface area contributed by atoms with E-state index in [1.54, 1.807) is 17.8 Å². The van der Waals surface area contributed by atoms with Gasteiger partial charge in [-0.05, 0) is 40.2 Å². The van der Waals surface area contributed by atoms with Gasteiger partial charge in [0.15, 0.2) is 0 Å². The van der Waals surface area contributed by atoms with E-state index in [9.17, 15) is 4.79 Å². The number of carboxylic acids is 1. The lowest BCUT2D eigenvalue weighted by molar-refractivity contribution is 0.0692. The van der Waals surface area contributed by atoms with Crippen molar-refractivity contribution in [2.24, 2.45) is 0 Å². The first-order valence-corrected chi connectivity index (χ1v) is 7.09. The van der Waals surface area contributed by atoms with Crippen molar-refractivity contribution in [3.05, 3.63) is 28.2 Å². The van der Waals surface area contributed by atoms with Crippen molar-refractivity contribution in [2.45, 2.75) is 31.1 Å². The van der Waals surface area contributed by atoms with Crippen LogP contribution >= 0.6 is 27.7 Å². The highest BCUT2D eigenvalue weighted by Gasteiger charge is 2.13. The Morgan fingerprint density at radius 2 is 2.19 bits per heavy atom. The van der Waals surface area contributed by atoms with Crippen molar-refractivity contribution in [3.63, 3.8) is 0 Å². The molecule has 1 aromatic rings. The van der Waals surface area contributed by atoms with E-state index in [-0.39, 0.29) is 0 Å². The van der Waals surface area contributed by atoms with Crippen LogP contribution in [0.25, 0.3) is 0 Å². The van der Waals surface area contributed by atoms with Gasteiger partial charge in [0, 0.05) is 9.37 Å². The summed E-state index contributed by atoms with van der Waals surface area (Å²) < 4.78 is 0.653. The molecule has 0 fully saturated rings. The topological polar surface area (TPSA) is 37.3 Å². The van der Waals surface area contributed by atoms with E-state index < -0.39 is 5.97 Å². The maximum atomic E-state index is 11.1. The van der Waals surface area contributed by atoms with E-state index in [4.69, 9.17) is 5.11 Å². The summed E-state index contributed by atoms with van der Waals surface area (Å²) in [6.07, 6.45) is 3.51. The predicted molar refractivity (Wildman–Crippen MR) is 71.4 cm³/mol. The first-order valence-electron chi connectivity index (χ1n) is 5.31. The Morgan fingerprint density at radius 1 is 1.44 bits per heavy atom. The Bertz CT molecular complexity index is 366. The molecule has 0 radical (unpaired) electrons. The zero-order valence-electron chi connectivity index (χ0n) is 9.20. The molecule has 0 saturated carbocycles. The van der Waals surface area contributed by atoms with Crippen LogP contribution in [0.4, 0.5) is 0 Å². The molecule has 88 valence electrons. The van der Waals surface area contributed by atoms with E-state index >= 15 is 0 Å². The van der Waals surface area contributed by atoms with Crippen LogP contribution in [0.3, 0.4) is 0 Å². The molecule has 1 rings (SSSR count). The average Bonchev–Trinajstić information content (AvgIpc) is 2.24. The number of hydrogen-bond donors (Lipinski definition) is 1. The van der Waals surface area contributed by atoms with Crippen LogP contribution in [0.5, 0.6) is 0 Å². The van der Waals surface area contributed by atoms with Crippen LogP contribution in [0.2, 0.25) is 0 Å². The lowest BCUT2D eigenvalue weighted by Gasteiger charge is -2.07. The smallest absolute Gasteiger partial charge is 0.337 e. The number of benzene rings is 1. The number of carboxylic acid groups (broad SMARTS) is 1. The zero-order valence-corrected chi connectivity index (χ0v) is 11.6.